The molecule has 0 saturated heterocycles. The van der Waals surface area contributed by atoms with Crippen LogP contribution in [0.15, 0.2) is 22.7 Å². The number of hydrogen-bond donors (Lipinski definition) is 2. The summed E-state index contributed by atoms with van der Waals surface area (Å²) in [6.07, 6.45) is 0. The van der Waals surface area contributed by atoms with Crippen LogP contribution in [0.25, 0.3) is 0 Å². The van der Waals surface area contributed by atoms with Gasteiger partial charge in [0.2, 0.25) is 5.91 Å². The van der Waals surface area contributed by atoms with Gasteiger partial charge in [-0.3, -0.25) is 4.79 Å². The van der Waals surface area contributed by atoms with Crippen molar-refractivity contribution in [2.45, 2.75) is 20.8 Å². The predicted octanol–water partition coefficient (Wildman–Crippen LogP) is 2.93. The molecule has 1 atom stereocenters. The Bertz CT molecular complexity index is 404. The van der Waals surface area contributed by atoms with Gasteiger partial charge in [-0.05, 0) is 40.4 Å². The highest BCUT2D eigenvalue weighted by Crippen LogP contribution is 2.26. The van der Waals surface area contributed by atoms with E-state index in [1.807, 2.05) is 39.0 Å². The lowest BCUT2D eigenvalue weighted by Crippen LogP contribution is -2.33. The molecule has 17 heavy (non-hydrogen) atoms. The van der Waals surface area contributed by atoms with Crippen molar-refractivity contribution in [1.82, 2.24) is 0 Å². The average molecular weight is 299 g/mol. The van der Waals surface area contributed by atoms with Gasteiger partial charge >= 0.3 is 0 Å². The van der Waals surface area contributed by atoms with Gasteiger partial charge in [-0.25, -0.2) is 0 Å². The van der Waals surface area contributed by atoms with Gasteiger partial charge in [-0.2, -0.15) is 0 Å². The second-order valence-corrected chi connectivity index (χ2v) is 5.30. The summed E-state index contributed by atoms with van der Waals surface area (Å²) in [5.41, 5.74) is 7.52. The van der Waals surface area contributed by atoms with Crippen LogP contribution in [-0.4, -0.2) is 12.5 Å². The molecule has 0 saturated carbocycles. The number of rotatable bonds is 4. The summed E-state index contributed by atoms with van der Waals surface area (Å²) in [6, 6.07) is 5.79. The van der Waals surface area contributed by atoms with E-state index in [1.165, 1.54) is 0 Å². The zero-order valence-electron chi connectivity index (χ0n) is 10.5. The predicted molar refractivity (Wildman–Crippen MR) is 74.9 cm³/mol. The fraction of sp³-hybridized carbons (Fsp3) is 0.462. The monoisotopic (exact) mass is 298 g/mol. The molecule has 1 unspecified atom stereocenters. The summed E-state index contributed by atoms with van der Waals surface area (Å²) < 4.78 is 0.924. The Balaban J connectivity index is 2.84. The molecule has 4 heteroatoms. The maximum absolute atomic E-state index is 12.0. The summed E-state index contributed by atoms with van der Waals surface area (Å²) in [5.74, 6) is 0.0693. The van der Waals surface area contributed by atoms with Gasteiger partial charge in [-0.15, -0.1) is 0 Å². The molecular weight excluding hydrogens is 280 g/mol. The molecule has 0 spiro atoms. The van der Waals surface area contributed by atoms with Crippen molar-refractivity contribution in [3.05, 3.63) is 28.2 Å². The molecule has 0 radical (unpaired) electrons. The van der Waals surface area contributed by atoms with E-state index in [1.54, 1.807) is 0 Å². The number of halogens is 1. The maximum atomic E-state index is 12.0. The number of nitrogens with one attached hydrogen (secondary N) is 1. The molecular formula is C13H19BrN2O. The molecule has 0 heterocycles. The minimum atomic E-state index is -0.151. The van der Waals surface area contributed by atoms with Gasteiger partial charge in [0.05, 0.1) is 11.6 Å². The van der Waals surface area contributed by atoms with E-state index >= 15 is 0 Å². The van der Waals surface area contributed by atoms with Crippen LogP contribution < -0.4 is 11.1 Å². The number of benzene rings is 1. The van der Waals surface area contributed by atoms with Crippen molar-refractivity contribution < 1.29 is 4.79 Å². The van der Waals surface area contributed by atoms with E-state index in [2.05, 4.69) is 21.2 Å². The van der Waals surface area contributed by atoms with E-state index in [0.29, 0.717) is 6.54 Å². The molecule has 1 amide bonds. The smallest absolute Gasteiger partial charge is 0.229 e. The molecule has 3 N–H and O–H groups in total. The molecule has 3 nitrogen and oxygen atoms in total. The third kappa shape index (κ3) is 3.54. The largest absolute Gasteiger partial charge is 0.330 e. The van der Waals surface area contributed by atoms with Gasteiger partial charge in [-0.1, -0.05) is 26.0 Å². The van der Waals surface area contributed by atoms with Crippen LogP contribution in [0, 0.1) is 18.8 Å². The molecule has 0 aromatic heterocycles. The average Bonchev–Trinajstić information content (AvgIpc) is 2.25. The number of amides is 1. The van der Waals surface area contributed by atoms with Crippen molar-refractivity contribution in [1.29, 1.82) is 0 Å². The number of carbonyl (C=O) groups is 1. The van der Waals surface area contributed by atoms with E-state index in [4.69, 9.17) is 5.73 Å². The van der Waals surface area contributed by atoms with Crippen molar-refractivity contribution in [2.75, 3.05) is 11.9 Å². The van der Waals surface area contributed by atoms with Crippen molar-refractivity contribution in [3.8, 4) is 0 Å². The van der Waals surface area contributed by atoms with Gasteiger partial charge in [0.15, 0.2) is 0 Å². The fourth-order valence-corrected chi connectivity index (χ4v) is 2.01. The molecule has 1 rings (SSSR count). The Morgan fingerprint density at radius 3 is 2.65 bits per heavy atom. The summed E-state index contributed by atoms with van der Waals surface area (Å²) >= 11 is 3.47. The molecule has 0 bridgehead atoms. The lowest BCUT2D eigenvalue weighted by molar-refractivity contribution is -0.120. The fourth-order valence-electron chi connectivity index (χ4n) is 1.65. The molecule has 1 aromatic rings. The van der Waals surface area contributed by atoms with Crippen LogP contribution >= 0.6 is 15.9 Å². The quantitative estimate of drug-likeness (QED) is 0.898. The first-order valence-electron chi connectivity index (χ1n) is 5.73. The lowest BCUT2D eigenvalue weighted by Gasteiger charge is -2.19. The SMILES string of the molecule is Cc1cccc(NC(=O)C(CN)C(C)C)c1Br. The van der Waals surface area contributed by atoms with Crippen LogP contribution in [0.3, 0.4) is 0 Å². The summed E-state index contributed by atoms with van der Waals surface area (Å²) in [4.78, 5) is 12.0. The first-order chi connectivity index (χ1) is 7.97. The van der Waals surface area contributed by atoms with Crippen LogP contribution in [0.5, 0.6) is 0 Å². The first kappa shape index (κ1) is 14.2. The summed E-state index contributed by atoms with van der Waals surface area (Å²) in [6.45, 7) is 6.36. The normalized spacial score (nSPS) is 12.6. The number of hydrogen-bond acceptors (Lipinski definition) is 2. The summed E-state index contributed by atoms with van der Waals surface area (Å²) in [5, 5.41) is 2.92. The standard InChI is InChI=1S/C13H19BrN2O/c1-8(2)10(7-15)13(17)16-11-6-4-5-9(3)12(11)14/h4-6,8,10H,7,15H2,1-3H3,(H,16,17). The van der Waals surface area contributed by atoms with Crippen molar-refractivity contribution >= 4 is 27.5 Å². The number of nitrogens with two attached hydrogens (primary N) is 1. The second kappa shape index (κ2) is 6.17. The first-order valence-corrected chi connectivity index (χ1v) is 6.52. The van der Waals surface area contributed by atoms with Gasteiger partial charge in [0.1, 0.15) is 0 Å². The zero-order valence-corrected chi connectivity index (χ0v) is 12.0. The van der Waals surface area contributed by atoms with E-state index < -0.39 is 0 Å². The highest BCUT2D eigenvalue weighted by molar-refractivity contribution is 9.10. The number of carbonyl (C=O) groups excluding carboxylic acids is 1. The topological polar surface area (TPSA) is 55.1 Å². The molecule has 0 aliphatic carbocycles. The van der Waals surface area contributed by atoms with E-state index in [9.17, 15) is 4.79 Å². The van der Waals surface area contributed by atoms with Crippen LogP contribution in [0.2, 0.25) is 0 Å². The molecule has 0 aliphatic rings. The number of anilines is 1. The van der Waals surface area contributed by atoms with Gasteiger partial charge < -0.3 is 11.1 Å². The molecule has 0 fully saturated rings. The summed E-state index contributed by atoms with van der Waals surface area (Å²) in [7, 11) is 0. The highest BCUT2D eigenvalue weighted by atomic mass is 79.9. The van der Waals surface area contributed by atoms with Gasteiger partial charge in [0.25, 0.3) is 0 Å². The second-order valence-electron chi connectivity index (χ2n) is 4.51. The number of aryl methyl sites for hydroxylation is 1. The molecule has 1 aromatic carbocycles. The van der Waals surface area contributed by atoms with Crippen LogP contribution in [-0.2, 0) is 4.79 Å². The highest BCUT2D eigenvalue weighted by Gasteiger charge is 2.21. The Morgan fingerprint density at radius 2 is 2.12 bits per heavy atom. The van der Waals surface area contributed by atoms with Crippen molar-refractivity contribution in [2.24, 2.45) is 17.6 Å². The molecule has 94 valence electrons. The van der Waals surface area contributed by atoms with Gasteiger partial charge in [0, 0.05) is 11.0 Å². The minimum Gasteiger partial charge on any atom is -0.330 e. The van der Waals surface area contributed by atoms with Crippen LogP contribution in [0.1, 0.15) is 19.4 Å². The molecule has 0 aliphatic heterocycles. The Labute approximate surface area is 111 Å². The zero-order chi connectivity index (χ0) is 13.0. The third-order valence-electron chi connectivity index (χ3n) is 2.85. The van der Waals surface area contributed by atoms with Crippen LogP contribution in [0.4, 0.5) is 5.69 Å². The Morgan fingerprint density at radius 1 is 1.47 bits per heavy atom. The Hall–Kier alpha value is -0.870. The minimum absolute atomic E-state index is 0.0196. The van der Waals surface area contributed by atoms with E-state index in [-0.39, 0.29) is 17.7 Å². The maximum Gasteiger partial charge on any atom is 0.229 e. The lowest BCUT2D eigenvalue weighted by atomic mass is 9.95. The van der Waals surface area contributed by atoms with E-state index in [0.717, 1.165) is 15.7 Å². The third-order valence-corrected chi connectivity index (χ3v) is 3.90. The Kier molecular flexibility index (Phi) is 5.15. The van der Waals surface area contributed by atoms with Crippen molar-refractivity contribution in [3.63, 3.8) is 0 Å².